The van der Waals surface area contributed by atoms with Crippen LogP contribution in [0, 0.1) is 0 Å². The maximum Gasteiger partial charge on any atom is 0.407 e. The van der Waals surface area contributed by atoms with Crippen LogP contribution in [0.5, 0.6) is 0 Å². The summed E-state index contributed by atoms with van der Waals surface area (Å²) >= 11 is 0. The molecule has 34 heavy (non-hydrogen) atoms. The molecule has 0 aliphatic heterocycles. The van der Waals surface area contributed by atoms with Crippen molar-refractivity contribution in [1.29, 1.82) is 0 Å². The Labute approximate surface area is 202 Å². The van der Waals surface area contributed by atoms with Crippen LogP contribution >= 0.6 is 0 Å². The molecule has 2 rings (SSSR count). The van der Waals surface area contributed by atoms with Crippen molar-refractivity contribution >= 4 is 12.2 Å². The van der Waals surface area contributed by atoms with Gasteiger partial charge < -0.3 is 25.2 Å². The maximum atomic E-state index is 12.3. The summed E-state index contributed by atoms with van der Waals surface area (Å²) in [6, 6.07) is 18.6. The number of carbonyl (C=O) groups is 2. The minimum absolute atomic E-state index is 0.228. The van der Waals surface area contributed by atoms with Crippen molar-refractivity contribution in [3.8, 4) is 0 Å². The zero-order chi connectivity index (χ0) is 24.8. The molecule has 0 aliphatic carbocycles. The van der Waals surface area contributed by atoms with Crippen LogP contribution in [0.15, 0.2) is 72.8 Å². The Morgan fingerprint density at radius 2 is 1.59 bits per heavy atom. The lowest BCUT2D eigenvalue weighted by Crippen LogP contribution is -2.46. The van der Waals surface area contributed by atoms with Crippen molar-refractivity contribution < 1.29 is 24.2 Å². The van der Waals surface area contributed by atoms with E-state index in [0.717, 1.165) is 11.1 Å². The fraction of sp³-hybridized carbons (Fsp3) is 0.407. The first-order valence-electron chi connectivity index (χ1n) is 11.6. The second kappa shape index (κ2) is 14.1. The molecule has 3 N–H and O–H groups in total. The molecule has 0 bridgehead atoms. The molecule has 0 aliphatic rings. The van der Waals surface area contributed by atoms with Crippen molar-refractivity contribution in [3.05, 3.63) is 83.9 Å². The first-order valence-corrected chi connectivity index (χ1v) is 11.6. The number of alkyl carbamates (subject to hydrolysis) is 2. The smallest absolute Gasteiger partial charge is 0.407 e. The normalized spacial score (nSPS) is 13.2. The summed E-state index contributed by atoms with van der Waals surface area (Å²) in [5.41, 5.74) is 1.30. The van der Waals surface area contributed by atoms with Crippen molar-refractivity contribution in [2.24, 2.45) is 0 Å². The summed E-state index contributed by atoms with van der Waals surface area (Å²) in [5.74, 6) is 0. The molecule has 0 unspecified atom stereocenters. The monoisotopic (exact) mass is 468 g/mol. The van der Waals surface area contributed by atoms with Crippen molar-refractivity contribution in [2.75, 3.05) is 6.54 Å². The highest BCUT2D eigenvalue weighted by molar-refractivity contribution is 5.68. The number of amides is 2. The second-order valence-corrected chi connectivity index (χ2v) is 8.99. The van der Waals surface area contributed by atoms with Crippen molar-refractivity contribution in [1.82, 2.24) is 10.6 Å². The van der Waals surface area contributed by atoms with E-state index in [0.29, 0.717) is 25.8 Å². The van der Waals surface area contributed by atoms with Crippen LogP contribution in [0.2, 0.25) is 0 Å². The minimum Gasteiger partial charge on any atom is -0.445 e. The molecule has 0 spiro atoms. The molecule has 0 saturated carbocycles. The number of allylic oxidation sites excluding steroid dienone is 1. The van der Waals surface area contributed by atoms with Gasteiger partial charge in [-0.15, -0.1) is 0 Å². The summed E-state index contributed by atoms with van der Waals surface area (Å²) in [4.78, 5) is 24.0. The lowest BCUT2D eigenvalue weighted by molar-refractivity contribution is 0.0455. The number of aliphatic hydroxyl groups excluding tert-OH is 1. The number of carbonyl (C=O) groups excluding carboxylic acids is 2. The molecule has 184 valence electrons. The zero-order valence-electron chi connectivity index (χ0n) is 20.2. The van der Waals surface area contributed by atoms with E-state index in [2.05, 4.69) is 10.6 Å². The topological polar surface area (TPSA) is 96.9 Å². The predicted octanol–water partition coefficient (Wildman–Crippen LogP) is 4.75. The highest BCUT2D eigenvalue weighted by Gasteiger charge is 2.23. The average Bonchev–Trinajstić information content (AvgIpc) is 2.79. The first-order chi connectivity index (χ1) is 16.2. The summed E-state index contributed by atoms with van der Waals surface area (Å²) in [7, 11) is 0. The van der Waals surface area contributed by atoms with Crippen LogP contribution in [0.1, 0.15) is 44.7 Å². The summed E-state index contributed by atoms with van der Waals surface area (Å²) in [6.45, 7) is 6.06. The second-order valence-electron chi connectivity index (χ2n) is 8.99. The van der Waals surface area contributed by atoms with Gasteiger partial charge >= 0.3 is 12.2 Å². The van der Waals surface area contributed by atoms with E-state index in [1.54, 1.807) is 26.8 Å². The fourth-order valence-corrected chi connectivity index (χ4v) is 3.14. The average molecular weight is 469 g/mol. The molecule has 2 atom stereocenters. The summed E-state index contributed by atoms with van der Waals surface area (Å²) < 4.78 is 10.5. The standard InChI is InChI=1S/C27H36N2O5/c1-27(2,3)34-26(32)29-23(19-21-13-7-4-8-14-21)24(30)17-11-6-12-18-28-25(31)33-20-22-15-9-5-10-16-22/h4-5,7-11,13-17,23-24,30H,6,12,18-20H2,1-3H3,(H,28,31)(H,29,32)/t23-,24+/m0/s1. The molecule has 2 aromatic carbocycles. The Hall–Kier alpha value is -3.32. The van der Waals surface area contributed by atoms with E-state index in [4.69, 9.17) is 9.47 Å². The highest BCUT2D eigenvalue weighted by Crippen LogP contribution is 2.11. The van der Waals surface area contributed by atoms with Crippen LogP contribution in [0.4, 0.5) is 9.59 Å². The lowest BCUT2D eigenvalue weighted by Gasteiger charge is -2.25. The van der Waals surface area contributed by atoms with E-state index in [1.165, 1.54) is 0 Å². The van der Waals surface area contributed by atoms with Crippen molar-refractivity contribution in [3.63, 3.8) is 0 Å². The van der Waals surface area contributed by atoms with Crippen LogP contribution in [-0.4, -0.2) is 41.6 Å². The third kappa shape index (κ3) is 11.5. The van der Waals surface area contributed by atoms with Crippen LogP contribution in [0.25, 0.3) is 0 Å². The van der Waals surface area contributed by atoms with Gasteiger partial charge in [-0.25, -0.2) is 9.59 Å². The van der Waals surface area contributed by atoms with Crippen molar-refractivity contribution in [2.45, 2.75) is 64.4 Å². The van der Waals surface area contributed by atoms with Crippen LogP contribution < -0.4 is 10.6 Å². The maximum absolute atomic E-state index is 12.3. The van der Waals surface area contributed by atoms with Gasteiger partial charge in [-0.2, -0.15) is 0 Å². The van der Waals surface area contributed by atoms with E-state index in [9.17, 15) is 14.7 Å². The molecule has 2 aromatic rings. The van der Waals surface area contributed by atoms with Gasteiger partial charge in [-0.05, 0) is 51.2 Å². The zero-order valence-corrected chi connectivity index (χ0v) is 20.2. The largest absolute Gasteiger partial charge is 0.445 e. The molecular formula is C27H36N2O5. The highest BCUT2D eigenvalue weighted by atomic mass is 16.6. The van der Waals surface area contributed by atoms with E-state index >= 15 is 0 Å². The number of rotatable bonds is 11. The van der Waals surface area contributed by atoms with E-state index in [1.807, 2.05) is 66.7 Å². The molecule has 0 fully saturated rings. The number of hydrogen-bond acceptors (Lipinski definition) is 5. The van der Waals surface area contributed by atoms with Gasteiger partial charge in [0, 0.05) is 6.54 Å². The van der Waals surface area contributed by atoms with Gasteiger partial charge in [-0.3, -0.25) is 0 Å². The minimum atomic E-state index is -0.892. The van der Waals surface area contributed by atoms with Gasteiger partial charge in [0.2, 0.25) is 0 Å². The van der Waals surface area contributed by atoms with Gasteiger partial charge in [0.05, 0.1) is 12.1 Å². The van der Waals surface area contributed by atoms with Gasteiger partial charge in [0.1, 0.15) is 12.2 Å². The van der Waals surface area contributed by atoms with Gasteiger partial charge in [-0.1, -0.05) is 72.8 Å². The molecule has 7 nitrogen and oxygen atoms in total. The molecule has 0 aromatic heterocycles. The molecule has 0 saturated heterocycles. The molecular weight excluding hydrogens is 432 g/mol. The Bertz CT molecular complexity index is 894. The SMILES string of the molecule is CC(C)(C)OC(=O)N[C@@H](Cc1ccccc1)[C@H](O)C=CCCCNC(=O)OCc1ccccc1. The summed E-state index contributed by atoms with van der Waals surface area (Å²) in [6.07, 6.45) is 3.38. The number of nitrogens with one attached hydrogen (secondary N) is 2. The molecule has 0 heterocycles. The predicted molar refractivity (Wildman–Crippen MR) is 132 cm³/mol. The number of unbranched alkanes of at least 4 members (excludes halogenated alkanes) is 1. The third-order valence-electron chi connectivity index (χ3n) is 4.78. The van der Waals surface area contributed by atoms with E-state index < -0.39 is 29.9 Å². The molecule has 0 radical (unpaired) electrons. The third-order valence-corrected chi connectivity index (χ3v) is 4.78. The fourth-order valence-electron chi connectivity index (χ4n) is 3.14. The van der Waals surface area contributed by atoms with E-state index in [-0.39, 0.29) is 6.61 Å². The molecule has 7 heteroatoms. The summed E-state index contributed by atoms with van der Waals surface area (Å²) in [5, 5.41) is 16.2. The number of benzene rings is 2. The van der Waals surface area contributed by atoms with Gasteiger partial charge in [0.15, 0.2) is 0 Å². The van der Waals surface area contributed by atoms with Crippen LogP contribution in [0.3, 0.4) is 0 Å². The number of aliphatic hydroxyl groups is 1. The Morgan fingerprint density at radius 3 is 2.21 bits per heavy atom. The quantitative estimate of drug-likeness (QED) is 0.327. The number of ether oxygens (including phenoxy) is 2. The Balaban J connectivity index is 1.76. The number of hydrogen-bond donors (Lipinski definition) is 3. The molecule has 2 amide bonds. The lowest BCUT2D eigenvalue weighted by atomic mass is 10.0. The Morgan fingerprint density at radius 1 is 0.971 bits per heavy atom. The van der Waals surface area contributed by atoms with Gasteiger partial charge in [0.25, 0.3) is 0 Å². The Kier molecular flexibility index (Phi) is 11.1. The van der Waals surface area contributed by atoms with Crippen LogP contribution in [-0.2, 0) is 22.5 Å². The first kappa shape index (κ1) is 26.9.